The first-order valence-corrected chi connectivity index (χ1v) is 4.38. The summed E-state index contributed by atoms with van der Waals surface area (Å²) in [6.07, 6.45) is 2.33. The standard InChI is InChI=1S/C8H16N2O2/c1-9-8(12)4-2-5-10(9)6-3-7-11/h11H,2-7H2,1H3. The van der Waals surface area contributed by atoms with Crippen LogP contribution in [0, 0.1) is 0 Å². The van der Waals surface area contributed by atoms with Crippen molar-refractivity contribution in [2.75, 3.05) is 26.7 Å². The van der Waals surface area contributed by atoms with Crippen LogP contribution in [0.5, 0.6) is 0 Å². The lowest BCUT2D eigenvalue weighted by molar-refractivity contribution is -0.151. The number of nitrogens with zero attached hydrogens (tertiary/aromatic N) is 2. The van der Waals surface area contributed by atoms with Crippen molar-refractivity contribution in [1.29, 1.82) is 0 Å². The zero-order chi connectivity index (χ0) is 8.97. The fraction of sp³-hybridized carbons (Fsp3) is 0.875. The molecule has 12 heavy (non-hydrogen) atoms. The van der Waals surface area contributed by atoms with Gasteiger partial charge in [-0.15, -0.1) is 0 Å². The maximum absolute atomic E-state index is 11.2. The molecule has 1 saturated heterocycles. The molecule has 1 heterocycles. The van der Waals surface area contributed by atoms with Crippen molar-refractivity contribution in [3.8, 4) is 0 Å². The number of aliphatic hydroxyl groups is 1. The Morgan fingerprint density at radius 1 is 1.58 bits per heavy atom. The van der Waals surface area contributed by atoms with E-state index in [0.29, 0.717) is 6.42 Å². The first kappa shape index (κ1) is 9.48. The summed E-state index contributed by atoms with van der Waals surface area (Å²) in [4.78, 5) is 11.2. The summed E-state index contributed by atoms with van der Waals surface area (Å²) in [7, 11) is 1.79. The Hall–Kier alpha value is -0.610. The highest BCUT2D eigenvalue weighted by Gasteiger charge is 2.21. The van der Waals surface area contributed by atoms with Gasteiger partial charge in [-0.2, -0.15) is 0 Å². The second kappa shape index (κ2) is 4.42. The molecule has 0 aliphatic carbocycles. The molecule has 0 bridgehead atoms. The Kier molecular flexibility index (Phi) is 3.49. The third-order valence-corrected chi connectivity index (χ3v) is 2.17. The smallest absolute Gasteiger partial charge is 0.236 e. The Labute approximate surface area is 72.7 Å². The molecule has 0 aromatic heterocycles. The topological polar surface area (TPSA) is 43.8 Å². The number of hydrogen-bond acceptors (Lipinski definition) is 3. The first-order chi connectivity index (χ1) is 5.75. The van der Waals surface area contributed by atoms with Crippen molar-refractivity contribution in [1.82, 2.24) is 10.0 Å². The first-order valence-electron chi connectivity index (χ1n) is 4.38. The van der Waals surface area contributed by atoms with Crippen molar-refractivity contribution in [3.05, 3.63) is 0 Å². The van der Waals surface area contributed by atoms with Gasteiger partial charge < -0.3 is 5.11 Å². The van der Waals surface area contributed by atoms with Gasteiger partial charge in [0.25, 0.3) is 0 Å². The van der Waals surface area contributed by atoms with E-state index in [1.54, 1.807) is 12.1 Å². The minimum absolute atomic E-state index is 0.180. The van der Waals surface area contributed by atoms with Gasteiger partial charge in [0, 0.05) is 33.2 Å². The van der Waals surface area contributed by atoms with E-state index in [2.05, 4.69) is 0 Å². The van der Waals surface area contributed by atoms with Crippen LogP contribution < -0.4 is 0 Å². The summed E-state index contributed by atoms with van der Waals surface area (Å²) in [5, 5.41) is 12.3. The molecule has 1 fully saturated rings. The van der Waals surface area contributed by atoms with Gasteiger partial charge in [0.1, 0.15) is 0 Å². The van der Waals surface area contributed by atoms with Gasteiger partial charge in [-0.05, 0) is 12.8 Å². The van der Waals surface area contributed by atoms with Crippen molar-refractivity contribution < 1.29 is 9.90 Å². The maximum Gasteiger partial charge on any atom is 0.236 e. The molecule has 4 nitrogen and oxygen atoms in total. The Morgan fingerprint density at radius 2 is 2.33 bits per heavy atom. The normalized spacial score (nSPS) is 20.2. The summed E-state index contributed by atoms with van der Waals surface area (Å²) >= 11 is 0. The highest BCUT2D eigenvalue weighted by Crippen LogP contribution is 2.09. The van der Waals surface area contributed by atoms with Crippen LogP contribution in [-0.2, 0) is 4.79 Å². The molecule has 0 unspecified atom stereocenters. The molecule has 1 rings (SSSR count). The van der Waals surface area contributed by atoms with Crippen LogP contribution in [-0.4, -0.2) is 47.8 Å². The molecule has 1 amide bonds. The van der Waals surface area contributed by atoms with E-state index in [1.807, 2.05) is 5.01 Å². The Bertz CT molecular complexity index is 161. The van der Waals surface area contributed by atoms with Gasteiger partial charge in [0.2, 0.25) is 5.91 Å². The molecule has 1 N–H and O–H groups in total. The van der Waals surface area contributed by atoms with Crippen LogP contribution in [0.2, 0.25) is 0 Å². The molecule has 70 valence electrons. The van der Waals surface area contributed by atoms with Gasteiger partial charge in [-0.25, -0.2) is 5.01 Å². The molecule has 0 spiro atoms. The SMILES string of the molecule is CN1C(=O)CCCN1CCCO. The number of amides is 1. The summed E-state index contributed by atoms with van der Waals surface area (Å²) in [6, 6.07) is 0. The molecular formula is C8H16N2O2. The number of carbonyl (C=O) groups excluding carboxylic acids is 1. The van der Waals surface area contributed by atoms with E-state index in [1.165, 1.54) is 0 Å². The molecule has 0 aromatic rings. The van der Waals surface area contributed by atoms with Crippen LogP contribution in [0.4, 0.5) is 0 Å². The summed E-state index contributed by atoms with van der Waals surface area (Å²) in [5.74, 6) is 0.180. The minimum Gasteiger partial charge on any atom is -0.396 e. The average Bonchev–Trinajstić information content (AvgIpc) is 2.08. The second-order valence-corrected chi connectivity index (χ2v) is 3.05. The van der Waals surface area contributed by atoms with E-state index < -0.39 is 0 Å². The number of hydrazine groups is 1. The largest absolute Gasteiger partial charge is 0.396 e. The average molecular weight is 172 g/mol. The summed E-state index contributed by atoms with van der Waals surface area (Å²) < 4.78 is 0. The zero-order valence-electron chi connectivity index (χ0n) is 7.49. The number of hydrogen-bond donors (Lipinski definition) is 1. The van der Waals surface area contributed by atoms with Crippen LogP contribution in [0.3, 0.4) is 0 Å². The fourth-order valence-corrected chi connectivity index (χ4v) is 1.40. The predicted molar refractivity (Wildman–Crippen MR) is 45.3 cm³/mol. The van der Waals surface area contributed by atoms with E-state index in [0.717, 1.165) is 25.9 Å². The van der Waals surface area contributed by atoms with Crippen LogP contribution in [0.15, 0.2) is 0 Å². The monoisotopic (exact) mass is 172 g/mol. The van der Waals surface area contributed by atoms with Crippen molar-refractivity contribution in [2.24, 2.45) is 0 Å². The Balaban J connectivity index is 2.35. The third-order valence-electron chi connectivity index (χ3n) is 2.17. The minimum atomic E-state index is 0.180. The number of carbonyl (C=O) groups is 1. The molecular weight excluding hydrogens is 156 g/mol. The van der Waals surface area contributed by atoms with E-state index in [-0.39, 0.29) is 12.5 Å². The Morgan fingerprint density at radius 3 is 3.00 bits per heavy atom. The highest BCUT2D eigenvalue weighted by atomic mass is 16.3. The van der Waals surface area contributed by atoms with Crippen LogP contribution in [0.25, 0.3) is 0 Å². The molecule has 0 radical (unpaired) electrons. The van der Waals surface area contributed by atoms with E-state index in [4.69, 9.17) is 5.11 Å². The lowest BCUT2D eigenvalue weighted by Crippen LogP contribution is -2.48. The number of aliphatic hydroxyl groups excluding tert-OH is 1. The highest BCUT2D eigenvalue weighted by molar-refractivity contribution is 5.75. The maximum atomic E-state index is 11.2. The van der Waals surface area contributed by atoms with Gasteiger partial charge >= 0.3 is 0 Å². The van der Waals surface area contributed by atoms with Crippen molar-refractivity contribution >= 4 is 5.91 Å². The fourth-order valence-electron chi connectivity index (χ4n) is 1.40. The van der Waals surface area contributed by atoms with Gasteiger partial charge in [-0.3, -0.25) is 9.80 Å². The van der Waals surface area contributed by atoms with Gasteiger partial charge in [0.15, 0.2) is 0 Å². The number of rotatable bonds is 3. The lowest BCUT2D eigenvalue weighted by Gasteiger charge is -2.35. The predicted octanol–water partition coefficient (Wildman–Crippen LogP) is -0.162. The third kappa shape index (κ3) is 2.19. The molecule has 0 atom stereocenters. The quantitative estimate of drug-likeness (QED) is 0.643. The van der Waals surface area contributed by atoms with Crippen molar-refractivity contribution in [2.45, 2.75) is 19.3 Å². The molecule has 0 aromatic carbocycles. The van der Waals surface area contributed by atoms with Gasteiger partial charge in [-0.1, -0.05) is 0 Å². The van der Waals surface area contributed by atoms with E-state index >= 15 is 0 Å². The molecule has 0 saturated carbocycles. The lowest BCUT2D eigenvalue weighted by atomic mass is 10.2. The molecule has 1 aliphatic heterocycles. The van der Waals surface area contributed by atoms with Crippen LogP contribution in [0.1, 0.15) is 19.3 Å². The van der Waals surface area contributed by atoms with Gasteiger partial charge in [0.05, 0.1) is 0 Å². The zero-order valence-corrected chi connectivity index (χ0v) is 7.49. The van der Waals surface area contributed by atoms with Crippen molar-refractivity contribution in [3.63, 3.8) is 0 Å². The molecule has 4 heteroatoms. The summed E-state index contributed by atoms with van der Waals surface area (Å²) in [6.45, 7) is 1.90. The van der Waals surface area contributed by atoms with E-state index in [9.17, 15) is 4.79 Å². The second-order valence-electron chi connectivity index (χ2n) is 3.05. The summed E-state index contributed by atoms with van der Waals surface area (Å²) in [5.41, 5.74) is 0. The van der Waals surface area contributed by atoms with Crippen LogP contribution >= 0.6 is 0 Å². The molecule has 1 aliphatic rings.